The predicted molar refractivity (Wildman–Crippen MR) is 114 cm³/mol. The van der Waals surface area contributed by atoms with E-state index in [0.29, 0.717) is 30.3 Å². The van der Waals surface area contributed by atoms with Gasteiger partial charge in [0, 0.05) is 37.0 Å². The third kappa shape index (κ3) is 5.31. The van der Waals surface area contributed by atoms with Gasteiger partial charge < -0.3 is 5.32 Å². The van der Waals surface area contributed by atoms with E-state index in [4.69, 9.17) is 0 Å². The molecule has 30 heavy (non-hydrogen) atoms. The first-order valence-electron chi connectivity index (χ1n) is 9.59. The molecule has 0 atom stereocenters. The van der Waals surface area contributed by atoms with Crippen LogP contribution in [0.4, 0.5) is 11.4 Å². The molecular weight excluding hydrogens is 406 g/mol. The zero-order valence-corrected chi connectivity index (χ0v) is 17.3. The van der Waals surface area contributed by atoms with Gasteiger partial charge in [-0.05, 0) is 54.7 Å². The van der Waals surface area contributed by atoms with Crippen molar-refractivity contribution in [2.45, 2.75) is 24.7 Å². The second-order valence-electron chi connectivity index (χ2n) is 7.29. The minimum absolute atomic E-state index is 0.0579. The Kier molecular flexibility index (Phi) is 6.63. The number of benzene rings is 2. The summed E-state index contributed by atoms with van der Waals surface area (Å²) in [6.07, 6.45) is 4.44. The quantitative estimate of drug-likeness (QED) is 0.428. The summed E-state index contributed by atoms with van der Waals surface area (Å²) >= 11 is 0. The maximum absolute atomic E-state index is 12.7. The Labute approximate surface area is 175 Å². The molecule has 0 aliphatic carbocycles. The molecule has 0 spiro atoms. The Bertz CT molecular complexity index is 1060. The van der Waals surface area contributed by atoms with Crippen molar-refractivity contribution < 1.29 is 18.1 Å². The number of hydrogen-bond acceptors (Lipinski definition) is 5. The number of non-ortho nitro benzene ring substituents is 1. The lowest BCUT2D eigenvalue weighted by Crippen LogP contribution is -2.37. The van der Waals surface area contributed by atoms with Gasteiger partial charge in [0.2, 0.25) is 15.9 Å². The van der Waals surface area contributed by atoms with Gasteiger partial charge in [-0.15, -0.1) is 0 Å². The van der Waals surface area contributed by atoms with Gasteiger partial charge in [0.15, 0.2) is 0 Å². The molecule has 1 aliphatic rings. The standard InChI is InChI=1S/C21H23N3O5S/c1-16-11-13-23(14-12-16)30(28,29)20-8-6-18(7-9-20)22-21(25)10-5-17-3-2-4-19(15-17)24(26)27/h2-10,15-16H,11-14H2,1H3,(H,22,25)/b10-5+. The first-order chi connectivity index (χ1) is 14.3. The highest BCUT2D eigenvalue weighted by Gasteiger charge is 2.27. The summed E-state index contributed by atoms with van der Waals surface area (Å²) in [4.78, 5) is 22.6. The van der Waals surface area contributed by atoms with E-state index in [9.17, 15) is 23.3 Å². The zero-order chi connectivity index (χ0) is 21.7. The highest BCUT2D eigenvalue weighted by molar-refractivity contribution is 7.89. The Morgan fingerprint density at radius 3 is 2.47 bits per heavy atom. The Hall–Kier alpha value is -3.04. The highest BCUT2D eigenvalue weighted by atomic mass is 32.2. The lowest BCUT2D eigenvalue weighted by molar-refractivity contribution is -0.384. The first kappa shape index (κ1) is 21.7. The van der Waals surface area contributed by atoms with Crippen LogP contribution in [0.3, 0.4) is 0 Å². The van der Waals surface area contributed by atoms with Gasteiger partial charge in [-0.3, -0.25) is 14.9 Å². The lowest BCUT2D eigenvalue weighted by atomic mass is 10.0. The Balaban J connectivity index is 1.63. The van der Waals surface area contributed by atoms with Crippen molar-refractivity contribution >= 4 is 33.4 Å². The number of hydrogen-bond donors (Lipinski definition) is 1. The van der Waals surface area contributed by atoms with Crippen LogP contribution in [-0.2, 0) is 14.8 Å². The zero-order valence-electron chi connectivity index (χ0n) is 16.5. The molecule has 158 valence electrons. The van der Waals surface area contributed by atoms with Gasteiger partial charge in [-0.2, -0.15) is 4.31 Å². The lowest BCUT2D eigenvalue weighted by Gasteiger charge is -2.29. The molecule has 0 radical (unpaired) electrons. The molecule has 0 saturated carbocycles. The van der Waals surface area contributed by atoms with Gasteiger partial charge in [0.1, 0.15) is 0 Å². The average molecular weight is 429 g/mol. The molecule has 1 amide bonds. The fourth-order valence-electron chi connectivity index (χ4n) is 3.18. The molecule has 1 aliphatic heterocycles. The third-order valence-electron chi connectivity index (χ3n) is 5.01. The summed E-state index contributed by atoms with van der Waals surface area (Å²) in [5, 5.41) is 13.4. The third-order valence-corrected chi connectivity index (χ3v) is 6.92. The Morgan fingerprint density at radius 2 is 1.83 bits per heavy atom. The smallest absolute Gasteiger partial charge is 0.270 e. The molecule has 1 saturated heterocycles. The molecule has 1 N–H and O–H groups in total. The summed E-state index contributed by atoms with van der Waals surface area (Å²) in [5.74, 6) is 0.103. The number of piperidine rings is 1. The van der Waals surface area contributed by atoms with Crippen LogP contribution in [0.15, 0.2) is 59.5 Å². The molecule has 2 aromatic rings. The highest BCUT2D eigenvalue weighted by Crippen LogP contribution is 2.24. The molecule has 0 aromatic heterocycles. The van der Waals surface area contributed by atoms with E-state index in [1.54, 1.807) is 18.2 Å². The summed E-state index contributed by atoms with van der Waals surface area (Å²) in [5.41, 5.74) is 0.920. The fourth-order valence-corrected chi connectivity index (χ4v) is 4.65. The maximum Gasteiger partial charge on any atom is 0.270 e. The van der Waals surface area contributed by atoms with Crippen LogP contribution in [-0.4, -0.2) is 36.6 Å². The van der Waals surface area contributed by atoms with Crippen LogP contribution in [0.2, 0.25) is 0 Å². The normalized spacial score (nSPS) is 15.9. The van der Waals surface area contributed by atoms with E-state index in [2.05, 4.69) is 12.2 Å². The number of rotatable bonds is 6. The van der Waals surface area contributed by atoms with Crippen molar-refractivity contribution in [2.75, 3.05) is 18.4 Å². The number of carbonyl (C=O) groups is 1. The summed E-state index contributed by atoms with van der Waals surface area (Å²) in [6, 6.07) is 12.0. The molecule has 2 aromatic carbocycles. The summed E-state index contributed by atoms with van der Waals surface area (Å²) in [6.45, 7) is 3.16. The van der Waals surface area contributed by atoms with Gasteiger partial charge in [-0.1, -0.05) is 19.1 Å². The monoisotopic (exact) mass is 429 g/mol. The van der Waals surface area contributed by atoms with E-state index in [1.807, 2.05) is 0 Å². The molecular formula is C21H23N3O5S. The van der Waals surface area contributed by atoms with Crippen LogP contribution >= 0.6 is 0 Å². The van der Waals surface area contributed by atoms with Crippen LogP contribution in [0, 0.1) is 16.0 Å². The summed E-state index contributed by atoms with van der Waals surface area (Å²) in [7, 11) is -3.54. The number of nitrogens with one attached hydrogen (secondary N) is 1. The van der Waals surface area contributed by atoms with Crippen molar-refractivity contribution in [1.82, 2.24) is 4.31 Å². The van der Waals surface area contributed by atoms with Gasteiger partial charge >= 0.3 is 0 Å². The van der Waals surface area contributed by atoms with Crippen molar-refractivity contribution in [2.24, 2.45) is 5.92 Å². The minimum Gasteiger partial charge on any atom is -0.323 e. The van der Waals surface area contributed by atoms with Crippen LogP contribution < -0.4 is 5.32 Å². The van der Waals surface area contributed by atoms with Crippen LogP contribution in [0.25, 0.3) is 6.08 Å². The van der Waals surface area contributed by atoms with Crippen molar-refractivity contribution in [3.63, 3.8) is 0 Å². The topological polar surface area (TPSA) is 110 Å². The van der Waals surface area contributed by atoms with Crippen molar-refractivity contribution in [3.05, 3.63) is 70.3 Å². The molecule has 8 nitrogen and oxygen atoms in total. The Morgan fingerprint density at radius 1 is 1.17 bits per heavy atom. The number of anilines is 1. The second-order valence-corrected chi connectivity index (χ2v) is 9.22. The van der Waals surface area contributed by atoms with Crippen molar-refractivity contribution in [3.8, 4) is 0 Å². The summed E-state index contributed by atoms with van der Waals surface area (Å²) < 4.78 is 27.0. The number of sulfonamides is 1. The average Bonchev–Trinajstić information content (AvgIpc) is 2.73. The largest absolute Gasteiger partial charge is 0.323 e. The molecule has 0 unspecified atom stereocenters. The van der Waals surface area contributed by atoms with E-state index in [0.717, 1.165) is 12.8 Å². The maximum atomic E-state index is 12.7. The molecule has 3 rings (SSSR count). The molecule has 1 heterocycles. The minimum atomic E-state index is -3.54. The van der Waals surface area contributed by atoms with E-state index in [1.165, 1.54) is 46.8 Å². The first-order valence-corrected chi connectivity index (χ1v) is 11.0. The molecule has 1 fully saturated rings. The van der Waals surface area contributed by atoms with Gasteiger partial charge in [0.05, 0.1) is 9.82 Å². The van der Waals surface area contributed by atoms with Gasteiger partial charge in [-0.25, -0.2) is 8.42 Å². The number of carbonyl (C=O) groups excluding carboxylic acids is 1. The van der Waals surface area contributed by atoms with Crippen molar-refractivity contribution in [1.29, 1.82) is 0 Å². The molecule has 9 heteroatoms. The number of nitrogens with zero attached hydrogens (tertiary/aromatic N) is 2. The van der Waals surface area contributed by atoms with Crippen LogP contribution in [0.1, 0.15) is 25.3 Å². The van der Waals surface area contributed by atoms with E-state index >= 15 is 0 Å². The number of amides is 1. The van der Waals surface area contributed by atoms with E-state index < -0.39 is 20.9 Å². The molecule has 0 bridgehead atoms. The van der Waals surface area contributed by atoms with E-state index in [-0.39, 0.29) is 10.6 Å². The van der Waals surface area contributed by atoms with Crippen LogP contribution in [0.5, 0.6) is 0 Å². The SMILES string of the molecule is CC1CCN(S(=O)(=O)c2ccc(NC(=O)/C=C/c3cccc([N+](=O)[O-])c3)cc2)CC1. The fraction of sp³-hybridized carbons (Fsp3) is 0.286. The second kappa shape index (κ2) is 9.19. The number of nitro groups is 1. The van der Waals surface area contributed by atoms with Gasteiger partial charge in [0.25, 0.3) is 5.69 Å². The predicted octanol–water partition coefficient (Wildman–Crippen LogP) is 3.67. The number of nitro benzene ring substituents is 1.